The van der Waals surface area contributed by atoms with Crippen molar-refractivity contribution in [3.8, 4) is 5.75 Å². The van der Waals surface area contributed by atoms with Crippen LogP contribution in [-0.4, -0.2) is 45.2 Å². The van der Waals surface area contributed by atoms with E-state index in [4.69, 9.17) is 4.74 Å². The highest BCUT2D eigenvalue weighted by molar-refractivity contribution is 5.94. The Morgan fingerprint density at radius 1 is 1.03 bits per heavy atom. The molecule has 0 aromatic heterocycles. The van der Waals surface area contributed by atoms with Crippen LogP contribution in [0.5, 0.6) is 5.75 Å². The van der Waals surface area contributed by atoms with Gasteiger partial charge in [0.15, 0.2) is 5.96 Å². The summed E-state index contributed by atoms with van der Waals surface area (Å²) in [6.07, 6.45) is 2.75. The van der Waals surface area contributed by atoms with Crippen LogP contribution in [-0.2, 0) is 6.42 Å². The average molecular weight is 397 g/mol. The summed E-state index contributed by atoms with van der Waals surface area (Å²) in [4.78, 5) is 16.4. The minimum Gasteiger partial charge on any atom is -0.494 e. The number of hydrogen-bond acceptors (Lipinski definition) is 3. The second-order valence-electron chi connectivity index (χ2n) is 6.59. The molecule has 0 aliphatic rings. The van der Waals surface area contributed by atoms with Crippen molar-refractivity contribution in [2.75, 3.05) is 33.3 Å². The Morgan fingerprint density at radius 3 is 2.62 bits per heavy atom. The maximum atomic E-state index is 11.7. The second kappa shape index (κ2) is 13.2. The number of unbranched alkanes of at least 4 members (excludes halogenated alkanes) is 1. The fraction of sp³-hybridized carbons (Fsp3) is 0.391. The van der Waals surface area contributed by atoms with Crippen molar-refractivity contribution < 1.29 is 9.53 Å². The van der Waals surface area contributed by atoms with Crippen molar-refractivity contribution in [2.45, 2.75) is 26.2 Å². The lowest BCUT2D eigenvalue weighted by Gasteiger charge is -2.12. The molecule has 3 N–H and O–H groups in total. The van der Waals surface area contributed by atoms with Gasteiger partial charge < -0.3 is 20.7 Å². The normalized spacial score (nSPS) is 11.0. The molecule has 1 amide bonds. The van der Waals surface area contributed by atoms with Crippen molar-refractivity contribution in [2.24, 2.45) is 4.99 Å². The average Bonchev–Trinajstić information content (AvgIpc) is 2.76. The van der Waals surface area contributed by atoms with Gasteiger partial charge in [0.25, 0.3) is 5.91 Å². The van der Waals surface area contributed by atoms with Gasteiger partial charge in [-0.15, -0.1) is 0 Å². The van der Waals surface area contributed by atoms with Gasteiger partial charge in [-0.1, -0.05) is 30.3 Å². The van der Waals surface area contributed by atoms with Gasteiger partial charge in [0.1, 0.15) is 5.75 Å². The minimum absolute atomic E-state index is 0.0639. The molecular weight excluding hydrogens is 364 g/mol. The van der Waals surface area contributed by atoms with Crippen LogP contribution in [0.2, 0.25) is 0 Å². The van der Waals surface area contributed by atoms with E-state index in [-0.39, 0.29) is 5.91 Å². The van der Waals surface area contributed by atoms with E-state index in [0.717, 1.165) is 56.2 Å². The maximum Gasteiger partial charge on any atom is 0.251 e. The summed E-state index contributed by atoms with van der Waals surface area (Å²) in [6, 6.07) is 17.6. The summed E-state index contributed by atoms with van der Waals surface area (Å²) >= 11 is 0. The van der Waals surface area contributed by atoms with Crippen LogP contribution < -0.4 is 20.7 Å². The van der Waals surface area contributed by atoms with E-state index < -0.39 is 0 Å². The molecule has 0 bridgehead atoms. The molecule has 0 spiro atoms. The molecule has 0 radical (unpaired) electrons. The smallest absolute Gasteiger partial charge is 0.251 e. The molecule has 0 aliphatic heterocycles. The molecule has 0 saturated heterocycles. The molecular formula is C23H32N4O2. The van der Waals surface area contributed by atoms with E-state index in [2.05, 4.69) is 27.9 Å². The first-order valence-corrected chi connectivity index (χ1v) is 10.2. The van der Waals surface area contributed by atoms with E-state index in [1.54, 1.807) is 7.05 Å². The third-order valence-corrected chi connectivity index (χ3v) is 4.30. The Kier molecular flexibility index (Phi) is 10.1. The summed E-state index contributed by atoms with van der Waals surface area (Å²) in [6.45, 7) is 5.07. The first kappa shape index (κ1) is 22.3. The summed E-state index contributed by atoms with van der Waals surface area (Å²) in [5.41, 5.74) is 1.80. The number of nitrogens with zero attached hydrogens (tertiary/aromatic N) is 1. The van der Waals surface area contributed by atoms with Crippen molar-refractivity contribution in [1.82, 2.24) is 16.0 Å². The Balaban J connectivity index is 1.69. The highest BCUT2D eigenvalue weighted by atomic mass is 16.5. The van der Waals surface area contributed by atoms with E-state index >= 15 is 0 Å². The highest BCUT2D eigenvalue weighted by Gasteiger charge is 2.04. The van der Waals surface area contributed by atoms with Crippen LogP contribution in [0, 0.1) is 0 Å². The van der Waals surface area contributed by atoms with E-state index in [0.29, 0.717) is 12.2 Å². The fourth-order valence-corrected chi connectivity index (χ4v) is 2.79. The number of aliphatic imine (C=N–C) groups is 1. The minimum atomic E-state index is -0.0639. The molecule has 0 atom stereocenters. The van der Waals surface area contributed by atoms with Gasteiger partial charge in [-0.3, -0.25) is 9.79 Å². The third kappa shape index (κ3) is 8.68. The topological polar surface area (TPSA) is 74.8 Å². The largest absolute Gasteiger partial charge is 0.494 e. The zero-order chi connectivity index (χ0) is 20.7. The summed E-state index contributed by atoms with van der Waals surface area (Å²) in [7, 11) is 1.64. The van der Waals surface area contributed by atoms with Crippen molar-refractivity contribution >= 4 is 11.9 Å². The van der Waals surface area contributed by atoms with Gasteiger partial charge in [0.05, 0.1) is 6.61 Å². The molecule has 0 heterocycles. The maximum absolute atomic E-state index is 11.7. The predicted molar refractivity (Wildman–Crippen MR) is 119 cm³/mol. The molecule has 0 saturated carbocycles. The molecule has 0 fully saturated rings. The van der Waals surface area contributed by atoms with Gasteiger partial charge in [0, 0.05) is 32.2 Å². The Bertz CT molecular complexity index is 762. The summed E-state index contributed by atoms with van der Waals surface area (Å²) < 4.78 is 5.70. The van der Waals surface area contributed by atoms with Gasteiger partial charge in [0.2, 0.25) is 0 Å². The van der Waals surface area contributed by atoms with Crippen LogP contribution in [0.25, 0.3) is 0 Å². The van der Waals surface area contributed by atoms with E-state index in [1.807, 2.05) is 54.6 Å². The molecule has 156 valence electrons. The van der Waals surface area contributed by atoms with Crippen LogP contribution >= 0.6 is 0 Å². The lowest BCUT2D eigenvalue weighted by atomic mass is 10.1. The molecule has 2 aromatic rings. The lowest BCUT2D eigenvalue weighted by Crippen LogP contribution is -2.38. The number of ether oxygens (including phenoxy) is 1. The van der Waals surface area contributed by atoms with Gasteiger partial charge in [-0.25, -0.2) is 0 Å². The number of carbonyl (C=O) groups excluding carboxylic acids is 1. The fourth-order valence-electron chi connectivity index (χ4n) is 2.79. The zero-order valence-electron chi connectivity index (χ0n) is 17.4. The van der Waals surface area contributed by atoms with Crippen LogP contribution in [0.4, 0.5) is 0 Å². The predicted octanol–water partition coefficient (Wildman–Crippen LogP) is 3.00. The number of para-hydroxylation sites is 1. The van der Waals surface area contributed by atoms with Crippen LogP contribution in [0.3, 0.4) is 0 Å². The molecule has 6 heteroatoms. The van der Waals surface area contributed by atoms with E-state index in [1.165, 1.54) is 0 Å². The SMILES string of the molecule is CCNC(=NCCCCOc1ccccc1)NCCc1cccc(C(=O)NC)c1. The number of amides is 1. The molecule has 0 unspecified atom stereocenters. The highest BCUT2D eigenvalue weighted by Crippen LogP contribution is 2.09. The number of rotatable bonds is 11. The molecule has 6 nitrogen and oxygen atoms in total. The second-order valence-corrected chi connectivity index (χ2v) is 6.59. The zero-order valence-corrected chi connectivity index (χ0v) is 17.4. The quantitative estimate of drug-likeness (QED) is 0.310. The molecule has 2 rings (SSSR count). The first-order valence-electron chi connectivity index (χ1n) is 10.2. The molecule has 2 aromatic carbocycles. The van der Waals surface area contributed by atoms with Crippen LogP contribution in [0.1, 0.15) is 35.7 Å². The monoisotopic (exact) mass is 396 g/mol. The number of nitrogens with one attached hydrogen (secondary N) is 3. The van der Waals surface area contributed by atoms with Crippen molar-refractivity contribution in [1.29, 1.82) is 0 Å². The van der Waals surface area contributed by atoms with Crippen LogP contribution in [0.15, 0.2) is 59.6 Å². The molecule has 0 aliphatic carbocycles. The lowest BCUT2D eigenvalue weighted by molar-refractivity contribution is 0.0963. The Hall–Kier alpha value is -3.02. The Labute approximate surface area is 173 Å². The summed E-state index contributed by atoms with van der Waals surface area (Å²) in [5, 5.41) is 9.28. The molecule has 29 heavy (non-hydrogen) atoms. The third-order valence-electron chi connectivity index (χ3n) is 4.30. The number of benzene rings is 2. The number of hydrogen-bond donors (Lipinski definition) is 3. The van der Waals surface area contributed by atoms with Gasteiger partial charge in [-0.05, 0) is 56.0 Å². The van der Waals surface area contributed by atoms with Gasteiger partial charge in [-0.2, -0.15) is 0 Å². The standard InChI is InChI=1S/C23H32N4O2/c1-3-25-23(26-15-7-8-17-29-21-12-5-4-6-13-21)27-16-14-19-10-9-11-20(18-19)22(28)24-2/h4-6,9-13,18H,3,7-8,14-17H2,1-2H3,(H,24,28)(H2,25,26,27). The van der Waals surface area contributed by atoms with Crippen molar-refractivity contribution in [3.05, 3.63) is 65.7 Å². The number of guanidine groups is 1. The number of carbonyl (C=O) groups is 1. The first-order chi connectivity index (χ1) is 14.2. The Morgan fingerprint density at radius 2 is 1.86 bits per heavy atom. The van der Waals surface area contributed by atoms with Gasteiger partial charge >= 0.3 is 0 Å². The van der Waals surface area contributed by atoms with E-state index in [9.17, 15) is 4.79 Å². The van der Waals surface area contributed by atoms with Crippen molar-refractivity contribution in [3.63, 3.8) is 0 Å². The summed E-state index contributed by atoms with van der Waals surface area (Å²) in [5.74, 6) is 1.66.